The first-order valence-electron chi connectivity index (χ1n) is 8.65. The van der Waals surface area contributed by atoms with Crippen molar-refractivity contribution in [2.45, 2.75) is 26.5 Å². The summed E-state index contributed by atoms with van der Waals surface area (Å²) in [6.45, 7) is 6.08. The molecule has 0 bridgehead atoms. The van der Waals surface area contributed by atoms with Crippen molar-refractivity contribution in [3.63, 3.8) is 0 Å². The highest BCUT2D eigenvalue weighted by atomic mass is 32.2. The molecule has 1 aromatic carbocycles. The first kappa shape index (κ1) is 20.8. The molecular formula is C19H25N3O4S. The molecule has 146 valence electrons. The summed E-state index contributed by atoms with van der Waals surface area (Å²) in [5.41, 5.74) is 2.50. The lowest BCUT2D eigenvalue weighted by Gasteiger charge is -2.20. The van der Waals surface area contributed by atoms with Gasteiger partial charge in [0.2, 0.25) is 11.8 Å². The highest BCUT2D eigenvalue weighted by Gasteiger charge is 2.17. The Morgan fingerprint density at radius 1 is 1.33 bits per heavy atom. The number of benzene rings is 1. The van der Waals surface area contributed by atoms with E-state index in [9.17, 15) is 9.59 Å². The molecule has 0 saturated heterocycles. The second kappa shape index (κ2) is 10.0. The Hall–Kier alpha value is -2.48. The number of likely N-dealkylation sites (N-methyl/N-ethyl adjacent to an activating group) is 1. The summed E-state index contributed by atoms with van der Waals surface area (Å²) in [4.78, 5) is 26.2. The average molecular weight is 391 g/mol. The summed E-state index contributed by atoms with van der Waals surface area (Å²) in [7, 11) is 1.57. The largest absolute Gasteiger partial charge is 0.497 e. The van der Waals surface area contributed by atoms with Crippen LogP contribution in [0.25, 0.3) is 0 Å². The molecule has 1 heterocycles. The zero-order chi connectivity index (χ0) is 19.8. The van der Waals surface area contributed by atoms with Crippen LogP contribution < -0.4 is 10.1 Å². The Labute approximate surface area is 163 Å². The van der Waals surface area contributed by atoms with Gasteiger partial charge in [0.05, 0.1) is 25.1 Å². The van der Waals surface area contributed by atoms with E-state index in [-0.39, 0.29) is 18.4 Å². The topological polar surface area (TPSA) is 84.7 Å². The zero-order valence-electron chi connectivity index (χ0n) is 16.1. The van der Waals surface area contributed by atoms with Crippen LogP contribution in [0.4, 0.5) is 5.69 Å². The number of nitrogens with zero attached hydrogens (tertiary/aromatic N) is 2. The van der Waals surface area contributed by atoms with Crippen LogP contribution >= 0.6 is 11.8 Å². The van der Waals surface area contributed by atoms with Gasteiger partial charge in [-0.2, -0.15) is 0 Å². The van der Waals surface area contributed by atoms with E-state index < -0.39 is 0 Å². The molecule has 0 saturated carbocycles. The Morgan fingerprint density at radius 3 is 2.74 bits per heavy atom. The third kappa shape index (κ3) is 6.02. The molecular weight excluding hydrogens is 366 g/mol. The van der Waals surface area contributed by atoms with E-state index in [4.69, 9.17) is 9.26 Å². The number of ether oxygens (including phenoxy) is 1. The molecule has 2 aromatic rings. The highest BCUT2D eigenvalue weighted by molar-refractivity contribution is 7.99. The predicted octanol–water partition coefficient (Wildman–Crippen LogP) is 3.02. The number of nitrogens with one attached hydrogen (secondary N) is 1. The number of hydrogen-bond acceptors (Lipinski definition) is 6. The second-order valence-corrected chi connectivity index (χ2v) is 6.97. The van der Waals surface area contributed by atoms with Crippen molar-refractivity contribution in [1.29, 1.82) is 0 Å². The first-order valence-corrected chi connectivity index (χ1v) is 9.81. The van der Waals surface area contributed by atoms with Gasteiger partial charge in [-0.25, -0.2) is 0 Å². The molecule has 2 rings (SSSR count). The van der Waals surface area contributed by atoms with Crippen LogP contribution in [-0.2, 0) is 15.3 Å². The molecule has 0 aliphatic rings. The number of hydrogen-bond donors (Lipinski definition) is 1. The third-order valence-electron chi connectivity index (χ3n) is 4.08. The number of anilines is 1. The lowest BCUT2D eigenvalue weighted by atomic mass is 10.2. The molecule has 1 aromatic heterocycles. The van der Waals surface area contributed by atoms with Gasteiger partial charge in [0, 0.05) is 29.6 Å². The average Bonchev–Trinajstić information content (AvgIpc) is 2.98. The van der Waals surface area contributed by atoms with E-state index in [1.54, 1.807) is 31.4 Å². The van der Waals surface area contributed by atoms with Crippen molar-refractivity contribution in [2.75, 3.05) is 31.3 Å². The molecule has 0 radical (unpaired) electrons. The quantitative estimate of drug-likeness (QED) is 0.707. The van der Waals surface area contributed by atoms with E-state index in [2.05, 4.69) is 10.5 Å². The number of rotatable bonds is 9. The van der Waals surface area contributed by atoms with Crippen LogP contribution in [-0.4, -0.2) is 47.8 Å². The summed E-state index contributed by atoms with van der Waals surface area (Å²) >= 11 is 1.49. The summed E-state index contributed by atoms with van der Waals surface area (Å²) in [6.07, 6.45) is 0. The number of methoxy groups -OCH3 is 1. The van der Waals surface area contributed by atoms with Gasteiger partial charge in [0.25, 0.3) is 0 Å². The highest BCUT2D eigenvalue weighted by Crippen LogP contribution is 2.20. The van der Waals surface area contributed by atoms with Gasteiger partial charge in [-0.3, -0.25) is 9.59 Å². The van der Waals surface area contributed by atoms with E-state index in [0.29, 0.717) is 29.5 Å². The molecule has 0 aliphatic heterocycles. The fourth-order valence-electron chi connectivity index (χ4n) is 2.49. The molecule has 2 amide bonds. The minimum atomic E-state index is -0.242. The molecule has 0 atom stereocenters. The van der Waals surface area contributed by atoms with Gasteiger partial charge in [-0.15, -0.1) is 11.8 Å². The summed E-state index contributed by atoms with van der Waals surface area (Å²) in [5.74, 6) is 2.07. The van der Waals surface area contributed by atoms with Crippen LogP contribution in [0, 0.1) is 13.8 Å². The SMILES string of the molecule is CCN(CC(=O)Nc1cccc(OC)c1)C(=O)CSCc1c(C)noc1C. The minimum absolute atomic E-state index is 0.0123. The fraction of sp³-hybridized carbons (Fsp3) is 0.421. The van der Waals surface area contributed by atoms with E-state index in [1.807, 2.05) is 20.8 Å². The van der Waals surface area contributed by atoms with Crippen molar-refractivity contribution in [2.24, 2.45) is 0 Å². The zero-order valence-corrected chi connectivity index (χ0v) is 16.9. The number of amides is 2. The molecule has 0 spiro atoms. The predicted molar refractivity (Wildman–Crippen MR) is 106 cm³/mol. The Kier molecular flexibility index (Phi) is 7.72. The molecule has 7 nitrogen and oxygen atoms in total. The van der Waals surface area contributed by atoms with Gasteiger partial charge in [0.1, 0.15) is 11.5 Å². The Morgan fingerprint density at radius 2 is 2.11 bits per heavy atom. The normalized spacial score (nSPS) is 10.5. The summed E-state index contributed by atoms with van der Waals surface area (Å²) in [5, 5.41) is 6.70. The number of carbonyl (C=O) groups excluding carboxylic acids is 2. The van der Waals surface area contributed by atoms with Crippen LogP contribution in [0.3, 0.4) is 0 Å². The lowest BCUT2D eigenvalue weighted by Crippen LogP contribution is -2.38. The Bertz CT molecular complexity index is 772. The van der Waals surface area contributed by atoms with E-state index in [0.717, 1.165) is 17.0 Å². The summed E-state index contributed by atoms with van der Waals surface area (Å²) < 4.78 is 10.3. The van der Waals surface area contributed by atoms with Gasteiger partial charge >= 0.3 is 0 Å². The minimum Gasteiger partial charge on any atom is -0.497 e. The van der Waals surface area contributed by atoms with Crippen LogP contribution in [0.5, 0.6) is 5.75 Å². The van der Waals surface area contributed by atoms with Crippen molar-refractivity contribution in [1.82, 2.24) is 10.1 Å². The van der Waals surface area contributed by atoms with Crippen LogP contribution in [0.15, 0.2) is 28.8 Å². The lowest BCUT2D eigenvalue weighted by molar-refractivity contribution is -0.132. The molecule has 27 heavy (non-hydrogen) atoms. The molecule has 1 N–H and O–H groups in total. The van der Waals surface area contributed by atoms with Gasteiger partial charge in [-0.1, -0.05) is 11.2 Å². The maximum absolute atomic E-state index is 12.4. The standard InChI is InChI=1S/C19H25N3O4S/c1-5-22(10-18(23)20-15-7-6-8-16(9-15)25-4)19(24)12-27-11-17-13(2)21-26-14(17)3/h6-9H,5,10-12H2,1-4H3,(H,20,23). The van der Waals surface area contributed by atoms with Crippen molar-refractivity contribution >= 4 is 29.3 Å². The smallest absolute Gasteiger partial charge is 0.243 e. The molecule has 8 heteroatoms. The molecule has 0 unspecified atom stereocenters. The number of carbonyl (C=O) groups is 2. The van der Waals surface area contributed by atoms with Gasteiger partial charge in [0.15, 0.2) is 0 Å². The van der Waals surface area contributed by atoms with Crippen LogP contribution in [0.2, 0.25) is 0 Å². The summed E-state index contributed by atoms with van der Waals surface area (Å²) in [6, 6.07) is 7.10. The molecule has 0 aliphatic carbocycles. The van der Waals surface area contributed by atoms with Gasteiger partial charge < -0.3 is 19.5 Å². The second-order valence-electron chi connectivity index (χ2n) is 5.98. The molecule has 0 fully saturated rings. The Balaban J connectivity index is 1.83. The van der Waals surface area contributed by atoms with E-state index >= 15 is 0 Å². The maximum atomic E-state index is 12.4. The fourth-order valence-corrected chi connectivity index (χ4v) is 3.57. The maximum Gasteiger partial charge on any atom is 0.243 e. The number of aromatic nitrogens is 1. The van der Waals surface area contributed by atoms with Crippen molar-refractivity contribution in [3.8, 4) is 5.75 Å². The third-order valence-corrected chi connectivity index (χ3v) is 5.02. The number of aryl methyl sites for hydroxylation is 2. The van der Waals surface area contributed by atoms with Crippen LogP contribution in [0.1, 0.15) is 23.9 Å². The number of thioether (sulfide) groups is 1. The van der Waals surface area contributed by atoms with E-state index in [1.165, 1.54) is 16.7 Å². The monoisotopic (exact) mass is 391 g/mol. The van der Waals surface area contributed by atoms with Crippen molar-refractivity contribution in [3.05, 3.63) is 41.3 Å². The first-order chi connectivity index (χ1) is 12.9. The van der Waals surface area contributed by atoms with Gasteiger partial charge in [-0.05, 0) is 32.9 Å². The van der Waals surface area contributed by atoms with Crippen molar-refractivity contribution < 1.29 is 18.8 Å².